The van der Waals surface area contributed by atoms with Crippen LogP contribution < -0.4 is 5.32 Å². The van der Waals surface area contributed by atoms with Crippen molar-refractivity contribution in [2.45, 2.75) is 25.9 Å². The van der Waals surface area contributed by atoms with Crippen LogP contribution in [0.15, 0.2) is 66.9 Å². The van der Waals surface area contributed by atoms with Gasteiger partial charge in [0.15, 0.2) is 4.77 Å². The van der Waals surface area contributed by atoms with Gasteiger partial charge in [-0.15, -0.1) is 0 Å². The second-order valence-electron chi connectivity index (χ2n) is 6.04. The number of H-pyrrole nitrogens is 1. The van der Waals surface area contributed by atoms with Gasteiger partial charge in [-0.2, -0.15) is 0 Å². The molecule has 0 spiro atoms. The molecular weight excluding hydrogens is 330 g/mol. The molecule has 5 heteroatoms. The first-order valence-corrected chi connectivity index (χ1v) is 8.69. The number of carbonyl (C=O) groups excluding carboxylic acids is 1. The normalized spacial score (nSPS) is 13.2. The Hall–Kier alpha value is -2.66. The van der Waals surface area contributed by atoms with Crippen molar-refractivity contribution in [3.8, 4) is 0 Å². The van der Waals surface area contributed by atoms with Crippen molar-refractivity contribution in [3.63, 3.8) is 0 Å². The highest BCUT2D eigenvalue weighted by Gasteiger charge is 2.20. The number of imidazole rings is 1. The van der Waals surface area contributed by atoms with Gasteiger partial charge in [0.1, 0.15) is 5.69 Å². The molecule has 128 valence electrons. The minimum absolute atomic E-state index is 0.0345. The quantitative estimate of drug-likeness (QED) is 0.658. The zero-order valence-electron chi connectivity index (χ0n) is 14.3. The summed E-state index contributed by atoms with van der Waals surface area (Å²) in [7, 11) is 0. The molecular formula is C20H21N3OS. The lowest BCUT2D eigenvalue weighted by atomic mass is 10.1. The standard InChI is InChI=1S/C20H21N3OS/c1-14(16-9-5-3-6-10-16)22-19(24)18-13-21-20(25)23(18)15(2)17-11-7-4-8-12-17/h3-15H,1-2H3,(H,21,25)(H,22,24)/t14?,15-/m1/s1. The average Bonchev–Trinajstić information content (AvgIpc) is 3.04. The van der Waals surface area contributed by atoms with Gasteiger partial charge in [-0.05, 0) is 37.2 Å². The maximum atomic E-state index is 12.8. The van der Waals surface area contributed by atoms with Crippen LogP contribution in [-0.2, 0) is 0 Å². The van der Waals surface area contributed by atoms with Gasteiger partial charge >= 0.3 is 0 Å². The highest BCUT2D eigenvalue weighted by Crippen LogP contribution is 2.21. The topological polar surface area (TPSA) is 49.8 Å². The molecule has 1 unspecified atom stereocenters. The molecule has 3 rings (SSSR count). The van der Waals surface area contributed by atoms with Gasteiger partial charge in [-0.25, -0.2) is 0 Å². The molecule has 0 saturated carbocycles. The van der Waals surface area contributed by atoms with Crippen molar-refractivity contribution in [1.82, 2.24) is 14.9 Å². The predicted molar refractivity (Wildman–Crippen MR) is 102 cm³/mol. The summed E-state index contributed by atoms with van der Waals surface area (Å²) >= 11 is 5.40. The van der Waals surface area contributed by atoms with Crippen LogP contribution in [0.5, 0.6) is 0 Å². The highest BCUT2D eigenvalue weighted by atomic mass is 32.1. The molecule has 3 aromatic rings. The third kappa shape index (κ3) is 3.72. The van der Waals surface area contributed by atoms with Crippen LogP contribution in [0.3, 0.4) is 0 Å². The van der Waals surface area contributed by atoms with E-state index in [0.717, 1.165) is 11.1 Å². The number of nitrogens with zero attached hydrogens (tertiary/aromatic N) is 1. The molecule has 0 bridgehead atoms. The third-order valence-electron chi connectivity index (χ3n) is 4.36. The molecule has 1 amide bonds. The maximum Gasteiger partial charge on any atom is 0.270 e. The van der Waals surface area contributed by atoms with Crippen LogP contribution in [0.25, 0.3) is 0 Å². The van der Waals surface area contributed by atoms with Crippen molar-refractivity contribution < 1.29 is 4.79 Å². The SMILES string of the molecule is CC(NC(=O)c1c[nH]c(=S)n1[C@H](C)c1ccccc1)c1ccccc1. The van der Waals surface area contributed by atoms with Crippen molar-refractivity contribution in [3.05, 3.63) is 88.5 Å². The van der Waals surface area contributed by atoms with E-state index in [1.165, 1.54) is 0 Å². The fourth-order valence-electron chi connectivity index (χ4n) is 2.91. The van der Waals surface area contributed by atoms with Gasteiger partial charge in [0.25, 0.3) is 5.91 Å². The second kappa shape index (κ2) is 7.49. The summed E-state index contributed by atoms with van der Waals surface area (Å²) in [6.45, 7) is 4.01. The number of amides is 1. The Kier molecular flexibility index (Phi) is 5.14. The minimum Gasteiger partial charge on any atom is -0.344 e. The van der Waals surface area contributed by atoms with E-state index < -0.39 is 0 Å². The van der Waals surface area contributed by atoms with E-state index in [-0.39, 0.29) is 18.0 Å². The number of hydrogen-bond donors (Lipinski definition) is 2. The van der Waals surface area contributed by atoms with Gasteiger partial charge < -0.3 is 14.9 Å². The third-order valence-corrected chi connectivity index (χ3v) is 4.67. The van der Waals surface area contributed by atoms with Gasteiger partial charge in [0.05, 0.1) is 12.1 Å². The van der Waals surface area contributed by atoms with E-state index in [4.69, 9.17) is 12.2 Å². The molecule has 1 aromatic heterocycles. The maximum absolute atomic E-state index is 12.8. The molecule has 2 N–H and O–H groups in total. The van der Waals surface area contributed by atoms with Crippen LogP contribution in [-0.4, -0.2) is 15.5 Å². The van der Waals surface area contributed by atoms with Crippen LogP contribution in [0.2, 0.25) is 0 Å². The summed E-state index contributed by atoms with van der Waals surface area (Å²) in [4.78, 5) is 15.8. The molecule has 2 atom stereocenters. The van der Waals surface area contributed by atoms with Gasteiger partial charge in [-0.3, -0.25) is 4.79 Å². The lowest BCUT2D eigenvalue weighted by Crippen LogP contribution is -2.29. The summed E-state index contributed by atoms with van der Waals surface area (Å²) in [5.41, 5.74) is 2.69. The zero-order chi connectivity index (χ0) is 17.8. The largest absolute Gasteiger partial charge is 0.344 e. The van der Waals surface area contributed by atoms with E-state index in [0.29, 0.717) is 10.5 Å². The summed E-state index contributed by atoms with van der Waals surface area (Å²) in [5.74, 6) is -0.147. The number of benzene rings is 2. The summed E-state index contributed by atoms with van der Waals surface area (Å²) in [6.07, 6.45) is 1.68. The monoisotopic (exact) mass is 351 g/mol. The Morgan fingerprint density at radius 2 is 1.56 bits per heavy atom. The van der Waals surface area contributed by atoms with E-state index in [9.17, 15) is 4.79 Å². The van der Waals surface area contributed by atoms with Crippen LogP contribution >= 0.6 is 12.2 Å². The first kappa shape index (κ1) is 17.2. The predicted octanol–water partition coefficient (Wildman–Crippen LogP) is 4.65. The smallest absolute Gasteiger partial charge is 0.270 e. The van der Waals surface area contributed by atoms with Gasteiger partial charge in [-0.1, -0.05) is 60.7 Å². The fourth-order valence-corrected chi connectivity index (χ4v) is 3.23. The number of nitrogens with one attached hydrogen (secondary N) is 2. The number of carbonyl (C=O) groups is 1. The fraction of sp³-hybridized carbons (Fsp3) is 0.200. The molecule has 0 aliphatic rings. The average molecular weight is 351 g/mol. The minimum atomic E-state index is -0.147. The van der Waals surface area contributed by atoms with E-state index >= 15 is 0 Å². The van der Waals surface area contributed by atoms with E-state index in [2.05, 4.69) is 10.3 Å². The first-order valence-electron chi connectivity index (χ1n) is 8.28. The number of rotatable bonds is 5. The van der Waals surface area contributed by atoms with E-state index in [1.54, 1.807) is 6.20 Å². The van der Waals surface area contributed by atoms with Crippen molar-refractivity contribution in [2.24, 2.45) is 0 Å². The van der Waals surface area contributed by atoms with Gasteiger partial charge in [0, 0.05) is 6.20 Å². The summed E-state index contributed by atoms with van der Waals surface area (Å²) in [5, 5.41) is 3.05. The van der Waals surface area contributed by atoms with E-state index in [1.807, 2.05) is 79.1 Å². The second-order valence-corrected chi connectivity index (χ2v) is 6.43. The Labute approximate surface area is 152 Å². The Bertz CT molecular complexity index is 899. The van der Waals surface area contributed by atoms with Crippen molar-refractivity contribution in [1.29, 1.82) is 0 Å². The molecule has 0 fully saturated rings. The molecule has 25 heavy (non-hydrogen) atoms. The number of aromatic nitrogens is 2. The lowest BCUT2D eigenvalue weighted by Gasteiger charge is -2.19. The lowest BCUT2D eigenvalue weighted by molar-refractivity contribution is 0.0929. The Morgan fingerprint density at radius 3 is 2.16 bits per heavy atom. The molecule has 0 radical (unpaired) electrons. The van der Waals surface area contributed by atoms with Crippen molar-refractivity contribution >= 4 is 18.1 Å². The van der Waals surface area contributed by atoms with Crippen molar-refractivity contribution in [2.75, 3.05) is 0 Å². The molecule has 4 nitrogen and oxygen atoms in total. The van der Waals surface area contributed by atoms with Gasteiger partial charge in [0.2, 0.25) is 0 Å². The zero-order valence-corrected chi connectivity index (χ0v) is 15.1. The Balaban J connectivity index is 1.86. The molecule has 2 aromatic carbocycles. The molecule has 0 aliphatic carbocycles. The van der Waals surface area contributed by atoms with Crippen LogP contribution in [0.4, 0.5) is 0 Å². The Morgan fingerprint density at radius 1 is 1.00 bits per heavy atom. The number of aromatic amines is 1. The molecule has 1 heterocycles. The summed E-state index contributed by atoms with van der Waals surface area (Å²) < 4.78 is 2.39. The molecule has 0 saturated heterocycles. The number of hydrogen-bond acceptors (Lipinski definition) is 2. The van der Waals surface area contributed by atoms with Crippen LogP contribution in [0.1, 0.15) is 47.5 Å². The first-order chi connectivity index (χ1) is 12.1. The molecule has 0 aliphatic heterocycles. The summed E-state index contributed by atoms with van der Waals surface area (Å²) in [6, 6.07) is 19.8. The van der Waals surface area contributed by atoms with Crippen LogP contribution in [0, 0.1) is 4.77 Å². The highest BCUT2D eigenvalue weighted by molar-refractivity contribution is 7.71.